The number of hydrogen-bond donors (Lipinski definition) is 2. The number of carbonyl (C=O) groups excluding carboxylic acids is 1. The van der Waals surface area contributed by atoms with Gasteiger partial charge in [0.05, 0.1) is 12.6 Å². The van der Waals surface area contributed by atoms with Crippen molar-refractivity contribution in [3.8, 4) is 5.75 Å². The van der Waals surface area contributed by atoms with Crippen molar-refractivity contribution in [1.29, 1.82) is 0 Å². The molecule has 0 fully saturated rings. The first-order valence-corrected chi connectivity index (χ1v) is 5.11. The fourth-order valence-electron chi connectivity index (χ4n) is 1.12. The Morgan fingerprint density at radius 2 is 2.00 bits per heavy atom. The second kappa shape index (κ2) is 6.15. The summed E-state index contributed by atoms with van der Waals surface area (Å²) in [5, 5.41) is 2.51. The van der Waals surface area contributed by atoms with E-state index in [0.717, 1.165) is 18.2 Å². The number of nitrogens with one attached hydrogen (secondary N) is 1. The zero-order chi connectivity index (χ0) is 12.8. The van der Waals surface area contributed by atoms with Gasteiger partial charge in [-0.2, -0.15) is 0 Å². The van der Waals surface area contributed by atoms with E-state index in [9.17, 15) is 13.6 Å². The summed E-state index contributed by atoms with van der Waals surface area (Å²) in [5.41, 5.74) is 5.32. The molecule has 0 aliphatic rings. The van der Waals surface area contributed by atoms with Gasteiger partial charge in [-0.1, -0.05) is 0 Å². The van der Waals surface area contributed by atoms with Gasteiger partial charge in [-0.25, -0.2) is 8.78 Å². The first-order valence-electron chi connectivity index (χ1n) is 5.11. The number of hydrogen-bond acceptors (Lipinski definition) is 3. The van der Waals surface area contributed by atoms with Crippen molar-refractivity contribution >= 4 is 5.91 Å². The number of amides is 1. The summed E-state index contributed by atoms with van der Waals surface area (Å²) in [6.07, 6.45) is 0. The van der Waals surface area contributed by atoms with E-state index in [4.69, 9.17) is 10.5 Å². The predicted octanol–water partition coefficient (Wildman–Crippen LogP) is 0.807. The van der Waals surface area contributed by atoms with Gasteiger partial charge in [-0.05, 0) is 6.92 Å². The predicted molar refractivity (Wildman–Crippen MR) is 58.5 cm³/mol. The lowest BCUT2D eigenvalue weighted by Crippen LogP contribution is -2.40. The molecule has 1 atom stereocenters. The first-order chi connectivity index (χ1) is 7.99. The van der Waals surface area contributed by atoms with Crippen LogP contribution >= 0.6 is 0 Å². The van der Waals surface area contributed by atoms with Gasteiger partial charge in [0.15, 0.2) is 0 Å². The van der Waals surface area contributed by atoms with E-state index < -0.39 is 17.7 Å². The van der Waals surface area contributed by atoms with Crippen molar-refractivity contribution in [3.63, 3.8) is 0 Å². The third-order valence-electron chi connectivity index (χ3n) is 1.92. The van der Waals surface area contributed by atoms with Gasteiger partial charge in [-0.15, -0.1) is 0 Å². The topological polar surface area (TPSA) is 64.4 Å². The van der Waals surface area contributed by atoms with Gasteiger partial charge in [0.25, 0.3) is 0 Å². The standard InChI is InChI=1S/C11H14F2N2O2/c1-7(14)11(16)15-2-3-17-10-5-8(12)4-9(13)6-10/h4-7H,2-3,14H2,1H3,(H,15,16). The van der Waals surface area contributed by atoms with Crippen LogP contribution < -0.4 is 15.8 Å². The maximum Gasteiger partial charge on any atom is 0.236 e. The number of rotatable bonds is 5. The van der Waals surface area contributed by atoms with Gasteiger partial charge in [-0.3, -0.25) is 4.79 Å². The molecule has 0 saturated carbocycles. The molecule has 4 nitrogen and oxygen atoms in total. The lowest BCUT2D eigenvalue weighted by Gasteiger charge is -2.09. The van der Waals surface area contributed by atoms with Crippen LogP contribution in [0.3, 0.4) is 0 Å². The highest BCUT2D eigenvalue weighted by molar-refractivity contribution is 5.80. The lowest BCUT2D eigenvalue weighted by atomic mass is 10.3. The average Bonchev–Trinajstić information content (AvgIpc) is 2.22. The fraction of sp³-hybridized carbons (Fsp3) is 0.364. The van der Waals surface area contributed by atoms with Crippen LogP contribution in [0.2, 0.25) is 0 Å². The molecule has 0 aliphatic carbocycles. The molecule has 17 heavy (non-hydrogen) atoms. The van der Waals surface area contributed by atoms with Crippen LogP contribution in [0.15, 0.2) is 18.2 Å². The molecule has 1 aromatic carbocycles. The SMILES string of the molecule is CC(N)C(=O)NCCOc1cc(F)cc(F)c1. The van der Waals surface area contributed by atoms with Crippen LogP contribution in [0.1, 0.15) is 6.92 Å². The molecule has 0 bridgehead atoms. The molecule has 6 heteroatoms. The van der Waals surface area contributed by atoms with E-state index in [-0.39, 0.29) is 24.8 Å². The van der Waals surface area contributed by atoms with Crippen LogP contribution in [-0.4, -0.2) is 25.1 Å². The van der Waals surface area contributed by atoms with Gasteiger partial charge in [0.2, 0.25) is 5.91 Å². The van der Waals surface area contributed by atoms with Crippen molar-refractivity contribution in [2.45, 2.75) is 13.0 Å². The summed E-state index contributed by atoms with van der Waals surface area (Å²) in [6, 6.07) is 2.29. The van der Waals surface area contributed by atoms with E-state index in [0.29, 0.717) is 0 Å². The van der Waals surface area contributed by atoms with E-state index in [1.54, 1.807) is 6.92 Å². The molecular weight excluding hydrogens is 230 g/mol. The van der Waals surface area contributed by atoms with Gasteiger partial charge < -0.3 is 15.8 Å². The number of carbonyl (C=O) groups is 1. The average molecular weight is 244 g/mol. The van der Waals surface area contributed by atoms with E-state index in [2.05, 4.69) is 5.32 Å². The Labute approximate surface area is 97.8 Å². The molecule has 1 unspecified atom stereocenters. The number of halogens is 2. The van der Waals surface area contributed by atoms with Crippen LogP contribution in [-0.2, 0) is 4.79 Å². The highest BCUT2D eigenvalue weighted by Gasteiger charge is 2.06. The van der Waals surface area contributed by atoms with E-state index in [1.165, 1.54) is 0 Å². The smallest absolute Gasteiger partial charge is 0.236 e. The molecule has 1 rings (SSSR count). The number of ether oxygens (including phenoxy) is 1. The molecule has 0 aromatic heterocycles. The molecule has 0 spiro atoms. The van der Waals surface area contributed by atoms with Crippen molar-refractivity contribution in [2.24, 2.45) is 5.73 Å². The monoisotopic (exact) mass is 244 g/mol. The minimum Gasteiger partial charge on any atom is -0.492 e. The van der Waals surface area contributed by atoms with E-state index >= 15 is 0 Å². The fourth-order valence-corrected chi connectivity index (χ4v) is 1.12. The summed E-state index contributed by atoms with van der Waals surface area (Å²) < 4.78 is 30.6. The largest absolute Gasteiger partial charge is 0.492 e. The molecule has 0 radical (unpaired) electrons. The summed E-state index contributed by atoms with van der Waals surface area (Å²) in [5.74, 6) is -1.64. The van der Waals surface area contributed by atoms with Crippen LogP contribution in [0.25, 0.3) is 0 Å². The number of benzene rings is 1. The normalized spacial score (nSPS) is 12.0. The minimum atomic E-state index is -0.709. The third-order valence-corrected chi connectivity index (χ3v) is 1.92. The highest BCUT2D eigenvalue weighted by Crippen LogP contribution is 2.14. The van der Waals surface area contributed by atoms with E-state index in [1.807, 2.05) is 0 Å². The Bertz CT molecular complexity index is 377. The molecule has 0 aliphatic heterocycles. The van der Waals surface area contributed by atoms with Crippen LogP contribution in [0, 0.1) is 11.6 Å². The molecule has 1 aromatic rings. The summed E-state index contributed by atoms with van der Waals surface area (Å²) in [7, 11) is 0. The molecule has 1 amide bonds. The summed E-state index contributed by atoms with van der Waals surface area (Å²) in [6.45, 7) is 1.89. The lowest BCUT2D eigenvalue weighted by molar-refractivity contribution is -0.122. The Kier molecular flexibility index (Phi) is 4.84. The molecule has 0 heterocycles. The molecular formula is C11H14F2N2O2. The third kappa shape index (κ3) is 4.78. The Morgan fingerprint density at radius 3 is 2.53 bits per heavy atom. The van der Waals surface area contributed by atoms with Crippen LogP contribution in [0.5, 0.6) is 5.75 Å². The Morgan fingerprint density at radius 1 is 1.41 bits per heavy atom. The van der Waals surface area contributed by atoms with Crippen LogP contribution in [0.4, 0.5) is 8.78 Å². The molecule has 0 saturated heterocycles. The van der Waals surface area contributed by atoms with Crippen molar-refractivity contribution in [2.75, 3.05) is 13.2 Å². The molecule has 3 N–H and O–H groups in total. The second-order valence-electron chi connectivity index (χ2n) is 3.53. The Hall–Kier alpha value is -1.69. The summed E-state index contributed by atoms with van der Waals surface area (Å²) in [4.78, 5) is 11.1. The summed E-state index contributed by atoms with van der Waals surface area (Å²) >= 11 is 0. The number of nitrogens with two attached hydrogens (primary N) is 1. The zero-order valence-electron chi connectivity index (χ0n) is 9.37. The maximum absolute atomic E-state index is 12.8. The van der Waals surface area contributed by atoms with Gasteiger partial charge in [0, 0.05) is 18.2 Å². The first kappa shape index (κ1) is 13.4. The maximum atomic E-state index is 12.8. The van der Waals surface area contributed by atoms with Crippen molar-refractivity contribution in [3.05, 3.63) is 29.8 Å². The highest BCUT2D eigenvalue weighted by atomic mass is 19.1. The van der Waals surface area contributed by atoms with Crippen molar-refractivity contribution in [1.82, 2.24) is 5.32 Å². The zero-order valence-corrected chi connectivity index (χ0v) is 9.37. The Balaban J connectivity index is 2.33. The minimum absolute atomic E-state index is 0.0811. The van der Waals surface area contributed by atoms with Crippen molar-refractivity contribution < 1.29 is 18.3 Å². The quantitative estimate of drug-likeness (QED) is 0.753. The second-order valence-corrected chi connectivity index (χ2v) is 3.53. The van der Waals surface area contributed by atoms with Gasteiger partial charge in [0.1, 0.15) is 24.0 Å². The molecule has 94 valence electrons. The van der Waals surface area contributed by atoms with Gasteiger partial charge >= 0.3 is 0 Å².